The number of hydrogen-bond acceptors (Lipinski definition) is 5. The number of Topliss-reactive ketones (excluding diaryl/α,β-unsaturated/α-hetero) is 1. The molecule has 0 unspecified atom stereocenters. The van der Waals surface area contributed by atoms with Crippen molar-refractivity contribution in [3.05, 3.63) is 60.2 Å². The number of hydrogen-bond donors (Lipinski definition) is 0. The van der Waals surface area contributed by atoms with Crippen LogP contribution in [0.3, 0.4) is 0 Å². The number of sulfonamides is 1. The van der Waals surface area contributed by atoms with Gasteiger partial charge in [-0.2, -0.15) is 0 Å². The molecular weight excluding hydrogens is 378 g/mol. The lowest BCUT2D eigenvalue weighted by Gasteiger charge is -2.23. The summed E-state index contributed by atoms with van der Waals surface area (Å²) in [6.07, 6.45) is 0. The van der Waals surface area contributed by atoms with E-state index in [4.69, 9.17) is 4.74 Å². The summed E-state index contributed by atoms with van der Waals surface area (Å²) in [7, 11) is -3.86. The third-order valence-corrected chi connectivity index (χ3v) is 6.06. The van der Waals surface area contributed by atoms with Crippen LogP contribution in [0.4, 0.5) is 5.69 Å². The maximum Gasteiger partial charge on any atom is 0.338 e. The van der Waals surface area contributed by atoms with E-state index in [9.17, 15) is 18.0 Å². The van der Waals surface area contributed by atoms with Gasteiger partial charge in [0.05, 0.1) is 16.1 Å². The van der Waals surface area contributed by atoms with E-state index in [1.807, 2.05) is 0 Å². The molecule has 0 aromatic heterocycles. The molecule has 0 spiro atoms. The molecule has 0 saturated heterocycles. The van der Waals surface area contributed by atoms with E-state index in [1.165, 1.54) is 28.6 Å². The Morgan fingerprint density at radius 2 is 1.64 bits per heavy atom. The molecular formula is C21H25NO5S. The molecule has 150 valence electrons. The van der Waals surface area contributed by atoms with Gasteiger partial charge in [-0.1, -0.05) is 45.0 Å². The highest BCUT2D eigenvalue weighted by Crippen LogP contribution is 2.24. The van der Waals surface area contributed by atoms with Gasteiger partial charge in [-0.25, -0.2) is 13.2 Å². The summed E-state index contributed by atoms with van der Waals surface area (Å²) in [5.41, 5.74) is -0.0105. The van der Waals surface area contributed by atoms with E-state index >= 15 is 0 Å². The normalized spacial score (nSPS) is 11.7. The number of carbonyl (C=O) groups is 2. The van der Waals surface area contributed by atoms with E-state index in [0.29, 0.717) is 5.69 Å². The van der Waals surface area contributed by atoms with Gasteiger partial charge in [0, 0.05) is 12.0 Å². The first kappa shape index (κ1) is 21.6. The Balaban J connectivity index is 2.26. The van der Waals surface area contributed by atoms with Gasteiger partial charge in [0.15, 0.2) is 12.4 Å². The molecule has 0 atom stereocenters. The summed E-state index contributed by atoms with van der Waals surface area (Å²) in [4.78, 5) is 24.2. The van der Waals surface area contributed by atoms with Crippen molar-refractivity contribution >= 4 is 27.5 Å². The summed E-state index contributed by atoms with van der Waals surface area (Å²) in [5, 5.41) is 0. The Kier molecular flexibility index (Phi) is 6.61. The van der Waals surface area contributed by atoms with Crippen LogP contribution in [0.5, 0.6) is 0 Å². The Labute approximate surface area is 166 Å². The fourth-order valence-electron chi connectivity index (χ4n) is 2.43. The SMILES string of the molecule is CCN(c1ccccc1)S(=O)(=O)c1cccc(C(=O)OCC(=O)C(C)(C)C)c1. The highest BCUT2D eigenvalue weighted by Gasteiger charge is 2.26. The first-order chi connectivity index (χ1) is 13.1. The molecule has 0 amide bonds. The Morgan fingerprint density at radius 1 is 1.00 bits per heavy atom. The van der Waals surface area contributed by atoms with Gasteiger partial charge in [-0.15, -0.1) is 0 Å². The maximum atomic E-state index is 13.1. The Hall–Kier alpha value is -2.67. The van der Waals surface area contributed by atoms with Crippen LogP contribution < -0.4 is 4.31 Å². The fourth-order valence-corrected chi connectivity index (χ4v) is 3.95. The van der Waals surface area contributed by atoms with Crippen molar-refractivity contribution in [1.29, 1.82) is 0 Å². The molecule has 0 N–H and O–H groups in total. The van der Waals surface area contributed by atoms with E-state index < -0.39 is 21.4 Å². The summed E-state index contributed by atoms with van der Waals surface area (Å²) in [5.74, 6) is -0.955. The highest BCUT2D eigenvalue weighted by atomic mass is 32.2. The molecule has 0 saturated carbocycles. The smallest absolute Gasteiger partial charge is 0.338 e. The average Bonchev–Trinajstić information content (AvgIpc) is 2.66. The van der Waals surface area contributed by atoms with E-state index in [0.717, 1.165) is 0 Å². The van der Waals surface area contributed by atoms with Crippen LogP contribution in [0.2, 0.25) is 0 Å². The quantitative estimate of drug-likeness (QED) is 0.659. The lowest BCUT2D eigenvalue weighted by molar-refractivity contribution is -0.129. The summed E-state index contributed by atoms with van der Waals surface area (Å²) in [6, 6.07) is 14.4. The molecule has 0 aliphatic heterocycles. The number of esters is 1. The molecule has 0 aliphatic carbocycles. The first-order valence-electron chi connectivity index (χ1n) is 8.95. The summed E-state index contributed by atoms with van der Waals surface area (Å²) in [6.45, 7) is 6.82. The monoisotopic (exact) mass is 403 g/mol. The molecule has 28 heavy (non-hydrogen) atoms. The van der Waals surface area contributed by atoms with E-state index in [-0.39, 0.29) is 29.4 Å². The minimum absolute atomic E-state index is 0.0187. The number of benzene rings is 2. The second-order valence-electron chi connectivity index (χ2n) is 7.28. The molecule has 0 bridgehead atoms. The van der Waals surface area contributed by atoms with Crippen molar-refractivity contribution in [2.45, 2.75) is 32.6 Å². The molecule has 2 aromatic rings. The number of rotatable bonds is 7. The molecule has 6 nitrogen and oxygen atoms in total. The van der Waals surface area contributed by atoms with Crippen molar-refractivity contribution < 1.29 is 22.7 Å². The zero-order valence-corrected chi connectivity index (χ0v) is 17.3. The zero-order valence-electron chi connectivity index (χ0n) is 16.5. The van der Waals surface area contributed by atoms with Crippen LogP contribution in [-0.2, 0) is 19.6 Å². The molecule has 0 fully saturated rings. The van der Waals surface area contributed by atoms with Crippen LogP contribution in [0.1, 0.15) is 38.1 Å². The van der Waals surface area contributed by atoms with Gasteiger partial charge in [0.25, 0.3) is 10.0 Å². The number of carbonyl (C=O) groups excluding carboxylic acids is 2. The van der Waals surface area contributed by atoms with Gasteiger partial charge in [-0.05, 0) is 37.3 Å². The molecule has 2 rings (SSSR count). The predicted octanol–water partition coefficient (Wildman–Crippen LogP) is 3.67. The molecule has 7 heteroatoms. The van der Waals surface area contributed by atoms with Crippen LogP contribution in [-0.4, -0.2) is 33.3 Å². The fraction of sp³-hybridized carbons (Fsp3) is 0.333. The number of para-hydroxylation sites is 1. The maximum absolute atomic E-state index is 13.1. The van der Waals surface area contributed by atoms with Crippen molar-refractivity contribution in [2.24, 2.45) is 5.41 Å². The van der Waals surface area contributed by atoms with Crippen molar-refractivity contribution in [3.63, 3.8) is 0 Å². The Morgan fingerprint density at radius 3 is 2.21 bits per heavy atom. The summed E-state index contributed by atoms with van der Waals surface area (Å²) < 4.78 is 32.4. The van der Waals surface area contributed by atoms with Crippen LogP contribution in [0.15, 0.2) is 59.5 Å². The van der Waals surface area contributed by atoms with Crippen LogP contribution >= 0.6 is 0 Å². The molecule has 0 aliphatic rings. The topological polar surface area (TPSA) is 80.8 Å². The third kappa shape index (κ3) is 4.98. The van der Waals surface area contributed by atoms with Gasteiger partial charge in [0.1, 0.15) is 0 Å². The minimum Gasteiger partial charge on any atom is -0.454 e. The van der Waals surface area contributed by atoms with Gasteiger partial charge in [-0.3, -0.25) is 9.10 Å². The highest BCUT2D eigenvalue weighted by molar-refractivity contribution is 7.92. The third-order valence-electron chi connectivity index (χ3n) is 4.16. The standard InChI is InChI=1S/C21H25NO5S/c1-5-22(17-11-7-6-8-12-17)28(25,26)18-13-9-10-16(14-18)20(24)27-15-19(23)21(2,3)4/h6-14H,5,15H2,1-4H3. The largest absolute Gasteiger partial charge is 0.454 e. The lowest BCUT2D eigenvalue weighted by Crippen LogP contribution is -2.31. The van der Waals surface area contributed by atoms with E-state index in [2.05, 4.69) is 0 Å². The lowest BCUT2D eigenvalue weighted by atomic mass is 9.91. The van der Waals surface area contributed by atoms with Crippen LogP contribution in [0, 0.1) is 5.41 Å². The number of anilines is 1. The molecule has 2 aromatic carbocycles. The van der Waals surface area contributed by atoms with Crippen molar-refractivity contribution in [3.8, 4) is 0 Å². The van der Waals surface area contributed by atoms with Gasteiger partial charge < -0.3 is 4.74 Å². The first-order valence-corrected chi connectivity index (χ1v) is 10.4. The minimum atomic E-state index is -3.86. The zero-order chi connectivity index (χ0) is 20.9. The van der Waals surface area contributed by atoms with Gasteiger partial charge in [0.2, 0.25) is 0 Å². The second-order valence-corrected chi connectivity index (χ2v) is 9.14. The Bertz CT molecular complexity index is 946. The molecule has 0 radical (unpaired) electrons. The predicted molar refractivity (Wildman–Crippen MR) is 108 cm³/mol. The summed E-state index contributed by atoms with van der Waals surface area (Å²) >= 11 is 0. The number of ketones is 1. The van der Waals surface area contributed by atoms with Gasteiger partial charge >= 0.3 is 5.97 Å². The number of nitrogens with zero attached hydrogens (tertiary/aromatic N) is 1. The van der Waals surface area contributed by atoms with Crippen molar-refractivity contribution in [2.75, 3.05) is 17.5 Å². The second kappa shape index (κ2) is 8.56. The molecule has 0 heterocycles. The van der Waals surface area contributed by atoms with Crippen LogP contribution in [0.25, 0.3) is 0 Å². The van der Waals surface area contributed by atoms with Crippen molar-refractivity contribution in [1.82, 2.24) is 0 Å². The average molecular weight is 404 g/mol. The number of ether oxygens (including phenoxy) is 1. The van der Waals surface area contributed by atoms with E-state index in [1.54, 1.807) is 58.0 Å².